The lowest BCUT2D eigenvalue weighted by Gasteiger charge is -2.32. The third kappa shape index (κ3) is 4.24. The van der Waals surface area contributed by atoms with Gasteiger partial charge in [-0.3, -0.25) is 14.9 Å². The lowest BCUT2D eigenvalue weighted by molar-refractivity contribution is 0.102. The fraction of sp³-hybridized carbons (Fsp3) is 0.318. The molecule has 2 N–H and O–H groups in total. The van der Waals surface area contributed by atoms with Gasteiger partial charge in [0.25, 0.3) is 5.91 Å². The Bertz CT molecular complexity index is 1190. The van der Waals surface area contributed by atoms with Crippen LogP contribution in [0.1, 0.15) is 42.1 Å². The van der Waals surface area contributed by atoms with Gasteiger partial charge < -0.3 is 5.32 Å². The number of carbonyl (C=O) groups is 1. The van der Waals surface area contributed by atoms with Gasteiger partial charge in [0.15, 0.2) is 5.82 Å². The van der Waals surface area contributed by atoms with Crippen molar-refractivity contribution in [2.45, 2.75) is 44.0 Å². The van der Waals surface area contributed by atoms with Gasteiger partial charge in [-0.1, -0.05) is 12.5 Å². The Balaban J connectivity index is 1.56. The maximum Gasteiger partial charge on any atom is 0.256 e. The Labute approximate surface area is 181 Å². The van der Waals surface area contributed by atoms with Gasteiger partial charge in [0.05, 0.1) is 10.6 Å². The Kier molecular flexibility index (Phi) is 5.88. The normalized spacial score (nSPS) is 17.4. The van der Waals surface area contributed by atoms with Crippen LogP contribution in [-0.4, -0.2) is 46.4 Å². The second-order valence-electron chi connectivity index (χ2n) is 7.75. The Morgan fingerprint density at radius 1 is 1.19 bits per heavy atom. The molecule has 8 nitrogen and oxygen atoms in total. The minimum atomic E-state index is -3.65. The van der Waals surface area contributed by atoms with Crippen molar-refractivity contribution in [3.8, 4) is 11.3 Å². The van der Waals surface area contributed by atoms with E-state index in [4.69, 9.17) is 0 Å². The Hall–Kier alpha value is -3.04. The number of H-pyrrole nitrogens is 1. The third-order valence-corrected chi connectivity index (χ3v) is 7.67. The molecular weight excluding hydrogens is 414 g/mol. The third-order valence-electron chi connectivity index (χ3n) is 5.66. The number of sulfonamides is 1. The summed E-state index contributed by atoms with van der Waals surface area (Å²) in [5.74, 6) is -0.0191. The number of amides is 1. The number of piperidine rings is 1. The lowest BCUT2D eigenvalue weighted by Crippen LogP contribution is -2.41. The molecule has 1 saturated heterocycles. The van der Waals surface area contributed by atoms with Crippen molar-refractivity contribution in [3.05, 3.63) is 59.9 Å². The second kappa shape index (κ2) is 8.60. The van der Waals surface area contributed by atoms with Gasteiger partial charge in [-0.25, -0.2) is 8.42 Å². The topological polar surface area (TPSA) is 108 Å². The average molecular weight is 440 g/mol. The Morgan fingerprint density at radius 2 is 1.97 bits per heavy atom. The SMILES string of the molecule is Cc1c(NC(=O)c2cccc(S(=O)(=O)N3CCCCC3C)c2)n[nH]c1-c1ccncc1. The van der Waals surface area contributed by atoms with Gasteiger partial charge in [0, 0.05) is 41.7 Å². The summed E-state index contributed by atoms with van der Waals surface area (Å²) in [5, 5.41) is 9.92. The molecule has 0 bridgehead atoms. The molecule has 0 saturated carbocycles. The van der Waals surface area contributed by atoms with E-state index in [0.29, 0.717) is 12.4 Å². The minimum absolute atomic E-state index is 0.0467. The van der Waals surface area contributed by atoms with Crippen molar-refractivity contribution < 1.29 is 13.2 Å². The van der Waals surface area contributed by atoms with E-state index >= 15 is 0 Å². The number of aromatic amines is 1. The zero-order valence-electron chi connectivity index (χ0n) is 17.5. The highest BCUT2D eigenvalue weighted by Crippen LogP contribution is 2.27. The van der Waals surface area contributed by atoms with Gasteiger partial charge in [-0.15, -0.1) is 0 Å². The van der Waals surface area contributed by atoms with Crippen molar-refractivity contribution >= 4 is 21.7 Å². The molecule has 4 rings (SSSR count). The molecule has 0 spiro atoms. The molecule has 1 aliphatic heterocycles. The number of hydrogen-bond donors (Lipinski definition) is 2. The van der Waals surface area contributed by atoms with Crippen molar-refractivity contribution in [2.75, 3.05) is 11.9 Å². The molecule has 3 heterocycles. The van der Waals surface area contributed by atoms with Crippen LogP contribution in [0.15, 0.2) is 53.7 Å². The van der Waals surface area contributed by atoms with Crippen molar-refractivity contribution in [3.63, 3.8) is 0 Å². The fourth-order valence-corrected chi connectivity index (χ4v) is 5.61. The van der Waals surface area contributed by atoms with Gasteiger partial charge in [0.2, 0.25) is 10.0 Å². The molecule has 2 aromatic heterocycles. The van der Waals surface area contributed by atoms with Crippen LogP contribution < -0.4 is 5.32 Å². The van der Waals surface area contributed by atoms with Crippen molar-refractivity contribution in [1.82, 2.24) is 19.5 Å². The monoisotopic (exact) mass is 439 g/mol. The smallest absolute Gasteiger partial charge is 0.256 e. The van der Waals surface area contributed by atoms with Crippen molar-refractivity contribution in [2.24, 2.45) is 0 Å². The van der Waals surface area contributed by atoms with Crippen LogP contribution in [0, 0.1) is 6.92 Å². The number of anilines is 1. The lowest BCUT2D eigenvalue weighted by atomic mass is 10.1. The first kappa shape index (κ1) is 21.2. The molecule has 0 radical (unpaired) electrons. The summed E-state index contributed by atoms with van der Waals surface area (Å²) in [4.78, 5) is 17.0. The zero-order valence-corrected chi connectivity index (χ0v) is 18.3. The maximum absolute atomic E-state index is 13.1. The van der Waals surface area contributed by atoms with Crippen LogP contribution in [0.25, 0.3) is 11.3 Å². The molecule has 1 fully saturated rings. The summed E-state index contributed by atoms with van der Waals surface area (Å²) >= 11 is 0. The number of carbonyl (C=O) groups excluding carboxylic acids is 1. The number of hydrogen-bond acceptors (Lipinski definition) is 5. The highest BCUT2D eigenvalue weighted by atomic mass is 32.2. The van der Waals surface area contributed by atoms with E-state index in [-0.39, 0.29) is 16.5 Å². The second-order valence-corrected chi connectivity index (χ2v) is 9.64. The number of rotatable bonds is 5. The van der Waals surface area contributed by atoms with E-state index in [1.54, 1.807) is 24.5 Å². The molecule has 1 aromatic carbocycles. The van der Waals surface area contributed by atoms with Crippen LogP contribution in [0.3, 0.4) is 0 Å². The van der Waals surface area contributed by atoms with E-state index in [1.165, 1.54) is 16.4 Å². The first-order valence-electron chi connectivity index (χ1n) is 10.3. The van der Waals surface area contributed by atoms with E-state index < -0.39 is 15.9 Å². The number of nitrogens with zero attached hydrogens (tertiary/aromatic N) is 3. The maximum atomic E-state index is 13.1. The van der Waals surface area contributed by atoms with Gasteiger partial charge in [0.1, 0.15) is 0 Å². The molecule has 3 aromatic rings. The van der Waals surface area contributed by atoms with E-state index in [9.17, 15) is 13.2 Å². The Morgan fingerprint density at radius 3 is 2.71 bits per heavy atom. The van der Waals surface area contributed by atoms with E-state index in [1.807, 2.05) is 26.0 Å². The summed E-state index contributed by atoms with van der Waals surface area (Å²) in [7, 11) is -3.65. The summed E-state index contributed by atoms with van der Waals surface area (Å²) < 4.78 is 27.8. The standard InChI is InChI=1S/C22H25N5O3S/c1-15-6-3-4-13-27(15)31(29,30)19-8-5-7-18(14-19)22(28)24-21-16(2)20(25-26-21)17-9-11-23-12-10-17/h5,7-12,14-15H,3-4,6,13H2,1-2H3,(H2,24,25,26,28). The molecule has 1 amide bonds. The summed E-state index contributed by atoms with van der Waals surface area (Å²) in [5.41, 5.74) is 2.74. The largest absolute Gasteiger partial charge is 0.305 e. The number of pyridine rings is 1. The van der Waals surface area contributed by atoms with Crippen LogP contribution in [0.2, 0.25) is 0 Å². The van der Waals surface area contributed by atoms with Crippen molar-refractivity contribution in [1.29, 1.82) is 0 Å². The number of nitrogens with one attached hydrogen (secondary N) is 2. The zero-order chi connectivity index (χ0) is 22.0. The fourth-order valence-electron chi connectivity index (χ4n) is 3.86. The van der Waals surface area contributed by atoms with Gasteiger partial charge >= 0.3 is 0 Å². The van der Waals surface area contributed by atoms with E-state index in [2.05, 4.69) is 20.5 Å². The van der Waals surface area contributed by atoms with Crippen LogP contribution in [0.4, 0.5) is 5.82 Å². The van der Waals surface area contributed by atoms with Gasteiger partial charge in [-0.2, -0.15) is 9.40 Å². The molecule has 1 unspecified atom stereocenters. The molecule has 1 atom stereocenters. The predicted octanol–water partition coefficient (Wildman–Crippen LogP) is 3.60. The molecule has 162 valence electrons. The number of benzene rings is 1. The van der Waals surface area contributed by atoms with Crippen LogP contribution >= 0.6 is 0 Å². The highest BCUT2D eigenvalue weighted by Gasteiger charge is 2.31. The van der Waals surface area contributed by atoms with Gasteiger partial charge in [-0.05, 0) is 57.0 Å². The highest BCUT2D eigenvalue weighted by molar-refractivity contribution is 7.89. The van der Waals surface area contributed by atoms with Crippen LogP contribution in [0.5, 0.6) is 0 Å². The quantitative estimate of drug-likeness (QED) is 0.632. The summed E-state index contributed by atoms with van der Waals surface area (Å²) in [6.45, 7) is 4.28. The first-order chi connectivity index (χ1) is 14.9. The first-order valence-corrected chi connectivity index (χ1v) is 11.7. The average Bonchev–Trinajstić information content (AvgIpc) is 3.14. The predicted molar refractivity (Wildman–Crippen MR) is 118 cm³/mol. The molecule has 31 heavy (non-hydrogen) atoms. The van der Waals surface area contributed by atoms with E-state index in [0.717, 1.165) is 36.1 Å². The molecule has 9 heteroatoms. The summed E-state index contributed by atoms with van der Waals surface area (Å²) in [6, 6.07) is 9.81. The molecule has 0 aliphatic carbocycles. The number of aromatic nitrogens is 3. The van der Waals surface area contributed by atoms with Crippen LogP contribution in [-0.2, 0) is 10.0 Å². The minimum Gasteiger partial charge on any atom is -0.305 e. The molecule has 1 aliphatic rings. The summed E-state index contributed by atoms with van der Waals surface area (Å²) in [6.07, 6.45) is 6.09. The molecular formula is C22H25N5O3S.